The van der Waals surface area contributed by atoms with Crippen LogP contribution >= 0.6 is 11.3 Å². The fourth-order valence-electron chi connectivity index (χ4n) is 4.58. The number of hydrogen-bond acceptors (Lipinski definition) is 7. The van der Waals surface area contributed by atoms with Gasteiger partial charge < -0.3 is 4.74 Å². The Morgan fingerprint density at radius 1 is 1.16 bits per heavy atom. The van der Waals surface area contributed by atoms with Gasteiger partial charge in [-0.25, -0.2) is 13.4 Å². The zero-order valence-corrected chi connectivity index (χ0v) is 22.6. The number of hydrogen-bond donors (Lipinski definition) is 0. The van der Waals surface area contributed by atoms with E-state index in [9.17, 15) is 13.2 Å². The lowest BCUT2D eigenvalue weighted by molar-refractivity contribution is -0.121. The van der Waals surface area contributed by atoms with Gasteiger partial charge in [-0.3, -0.25) is 14.7 Å². The minimum Gasteiger partial charge on any atom is -0.497 e. The topological polar surface area (TPSA) is 92.7 Å². The SMILES string of the molecule is COc1ccc(S(=O)(=O)N2CCCC2C(=O)N(Cc2cccnc2)c2nc3c(C)c(C)ccc3s2)cc1. The number of methoxy groups -OCH3 is 1. The predicted molar refractivity (Wildman–Crippen MR) is 144 cm³/mol. The summed E-state index contributed by atoms with van der Waals surface area (Å²) in [6.07, 6.45) is 4.44. The van der Waals surface area contributed by atoms with E-state index < -0.39 is 16.1 Å². The van der Waals surface area contributed by atoms with E-state index >= 15 is 0 Å². The van der Waals surface area contributed by atoms with Crippen LogP contribution in [0.1, 0.15) is 29.5 Å². The Morgan fingerprint density at radius 2 is 1.95 bits per heavy atom. The van der Waals surface area contributed by atoms with Gasteiger partial charge in [0.25, 0.3) is 0 Å². The highest BCUT2D eigenvalue weighted by Crippen LogP contribution is 2.35. The highest BCUT2D eigenvalue weighted by Gasteiger charge is 2.42. The molecule has 1 aliphatic heterocycles. The summed E-state index contributed by atoms with van der Waals surface area (Å²) in [5.74, 6) is 0.281. The second kappa shape index (κ2) is 10.2. The van der Waals surface area contributed by atoms with Crippen molar-refractivity contribution >= 4 is 42.6 Å². The number of carbonyl (C=O) groups is 1. The smallest absolute Gasteiger partial charge is 0.247 e. The first-order valence-electron chi connectivity index (χ1n) is 12.0. The molecule has 1 atom stereocenters. The molecule has 1 saturated heterocycles. The second-order valence-electron chi connectivity index (χ2n) is 9.09. The first kappa shape index (κ1) is 25.3. The molecule has 37 heavy (non-hydrogen) atoms. The molecule has 3 heterocycles. The van der Waals surface area contributed by atoms with Crippen LogP contribution in [0.3, 0.4) is 0 Å². The van der Waals surface area contributed by atoms with E-state index in [-0.39, 0.29) is 23.9 Å². The molecular formula is C27H28N4O4S2. The fraction of sp³-hybridized carbons (Fsp3) is 0.296. The maximum absolute atomic E-state index is 14.1. The van der Waals surface area contributed by atoms with Crippen LogP contribution in [0.15, 0.2) is 65.8 Å². The Morgan fingerprint density at radius 3 is 2.65 bits per heavy atom. The Kier molecular flexibility index (Phi) is 6.98. The molecule has 0 N–H and O–H groups in total. The lowest BCUT2D eigenvalue weighted by Crippen LogP contribution is -2.47. The molecule has 0 bridgehead atoms. The number of carbonyl (C=O) groups excluding carboxylic acids is 1. The van der Waals surface area contributed by atoms with Crippen molar-refractivity contribution < 1.29 is 17.9 Å². The monoisotopic (exact) mass is 536 g/mol. The number of amides is 1. The normalized spacial score (nSPS) is 16.2. The van der Waals surface area contributed by atoms with Crippen molar-refractivity contribution in [2.75, 3.05) is 18.6 Å². The number of benzene rings is 2. The molecule has 2 aromatic heterocycles. The summed E-state index contributed by atoms with van der Waals surface area (Å²) in [7, 11) is -2.35. The van der Waals surface area contributed by atoms with Crippen molar-refractivity contribution in [2.45, 2.75) is 44.2 Å². The van der Waals surface area contributed by atoms with Crippen molar-refractivity contribution in [3.8, 4) is 5.75 Å². The summed E-state index contributed by atoms with van der Waals surface area (Å²) >= 11 is 1.44. The predicted octanol–water partition coefficient (Wildman–Crippen LogP) is 4.70. The summed E-state index contributed by atoms with van der Waals surface area (Å²) < 4.78 is 34.6. The number of fused-ring (bicyclic) bond motifs is 1. The Bertz CT molecular complexity index is 1540. The van der Waals surface area contributed by atoms with Gasteiger partial charge in [-0.2, -0.15) is 4.31 Å². The number of sulfonamides is 1. The lowest BCUT2D eigenvalue weighted by atomic mass is 10.1. The maximum Gasteiger partial charge on any atom is 0.247 e. The zero-order chi connectivity index (χ0) is 26.2. The molecule has 10 heteroatoms. The molecule has 0 radical (unpaired) electrons. The van der Waals surface area contributed by atoms with Gasteiger partial charge in [0.1, 0.15) is 11.8 Å². The molecule has 192 valence electrons. The summed E-state index contributed by atoms with van der Waals surface area (Å²) in [6.45, 7) is 4.59. The van der Waals surface area contributed by atoms with Crippen molar-refractivity contribution in [1.29, 1.82) is 0 Å². The van der Waals surface area contributed by atoms with Crippen LogP contribution < -0.4 is 9.64 Å². The van der Waals surface area contributed by atoms with Gasteiger partial charge >= 0.3 is 0 Å². The number of ether oxygens (including phenoxy) is 1. The van der Waals surface area contributed by atoms with E-state index in [1.54, 1.807) is 29.4 Å². The first-order chi connectivity index (χ1) is 17.8. The number of aryl methyl sites for hydroxylation is 2. The summed E-state index contributed by atoms with van der Waals surface area (Å²) in [5, 5.41) is 0.547. The van der Waals surface area contributed by atoms with Crippen molar-refractivity contribution in [3.05, 3.63) is 77.6 Å². The number of aromatic nitrogens is 2. The van der Waals surface area contributed by atoms with Gasteiger partial charge in [0, 0.05) is 18.9 Å². The zero-order valence-electron chi connectivity index (χ0n) is 20.9. The molecule has 2 aromatic carbocycles. The van der Waals surface area contributed by atoms with E-state index in [0.717, 1.165) is 26.9 Å². The third-order valence-electron chi connectivity index (χ3n) is 6.79. The second-order valence-corrected chi connectivity index (χ2v) is 12.0. The molecule has 1 amide bonds. The van der Waals surface area contributed by atoms with Gasteiger partial charge in [-0.05, 0) is 79.8 Å². The van der Waals surface area contributed by atoms with Gasteiger partial charge in [-0.15, -0.1) is 0 Å². The largest absolute Gasteiger partial charge is 0.497 e. The highest BCUT2D eigenvalue weighted by molar-refractivity contribution is 7.89. The van der Waals surface area contributed by atoms with E-state index in [1.807, 2.05) is 38.1 Å². The molecule has 8 nitrogen and oxygen atoms in total. The molecule has 1 unspecified atom stereocenters. The molecule has 0 aliphatic carbocycles. The third-order valence-corrected chi connectivity index (χ3v) is 9.75. The molecule has 1 aliphatic rings. The van der Waals surface area contributed by atoms with Gasteiger partial charge in [0.05, 0.1) is 28.8 Å². The lowest BCUT2D eigenvalue weighted by Gasteiger charge is -2.28. The van der Waals surface area contributed by atoms with Gasteiger partial charge in [-0.1, -0.05) is 23.5 Å². The first-order valence-corrected chi connectivity index (χ1v) is 14.3. The van der Waals surface area contributed by atoms with Crippen molar-refractivity contribution in [3.63, 3.8) is 0 Å². The van der Waals surface area contributed by atoms with E-state index in [0.29, 0.717) is 23.7 Å². The third kappa shape index (κ3) is 4.84. The summed E-state index contributed by atoms with van der Waals surface area (Å²) in [4.78, 5) is 24.9. The quantitative estimate of drug-likeness (QED) is 0.340. The Hall–Kier alpha value is -3.34. The fourth-order valence-corrected chi connectivity index (χ4v) is 7.26. The van der Waals surface area contributed by atoms with Crippen LogP contribution in [-0.2, 0) is 21.4 Å². The molecule has 0 saturated carbocycles. The van der Waals surface area contributed by atoms with Crippen LogP contribution in [0.25, 0.3) is 10.2 Å². The van der Waals surface area contributed by atoms with E-state index in [1.165, 1.54) is 34.9 Å². The average molecular weight is 537 g/mol. The Balaban J connectivity index is 1.52. The van der Waals surface area contributed by atoms with Crippen LogP contribution in [-0.4, -0.2) is 48.3 Å². The standard InChI is InChI=1S/C27H28N4O4S2/c1-18-8-13-24-25(19(18)2)29-27(36-24)30(17-20-6-4-14-28-16-20)26(32)23-7-5-15-31(23)37(33,34)22-11-9-21(35-3)10-12-22/h4,6,8-14,16,23H,5,7,15,17H2,1-3H3. The minimum atomic E-state index is -3.88. The number of thiazole rings is 1. The van der Waals surface area contributed by atoms with Crippen LogP contribution in [0.5, 0.6) is 5.75 Å². The van der Waals surface area contributed by atoms with Crippen LogP contribution in [0.2, 0.25) is 0 Å². The van der Waals surface area contributed by atoms with E-state index in [2.05, 4.69) is 4.98 Å². The number of nitrogens with zero attached hydrogens (tertiary/aromatic N) is 4. The Labute approximate surface area is 220 Å². The van der Waals surface area contributed by atoms with Crippen LogP contribution in [0.4, 0.5) is 5.13 Å². The number of pyridine rings is 1. The maximum atomic E-state index is 14.1. The molecule has 1 fully saturated rings. The minimum absolute atomic E-state index is 0.137. The van der Waals surface area contributed by atoms with Crippen molar-refractivity contribution in [2.24, 2.45) is 0 Å². The van der Waals surface area contributed by atoms with Crippen LogP contribution in [0, 0.1) is 13.8 Å². The summed E-state index contributed by atoms with van der Waals surface area (Å²) in [6, 6.07) is 13.2. The van der Waals surface area contributed by atoms with E-state index in [4.69, 9.17) is 9.72 Å². The summed E-state index contributed by atoms with van der Waals surface area (Å²) in [5.41, 5.74) is 3.89. The number of rotatable bonds is 7. The van der Waals surface area contributed by atoms with Gasteiger partial charge in [0.2, 0.25) is 15.9 Å². The van der Waals surface area contributed by atoms with Gasteiger partial charge in [0.15, 0.2) is 5.13 Å². The molecule has 5 rings (SSSR count). The molecule has 0 spiro atoms. The highest BCUT2D eigenvalue weighted by atomic mass is 32.2. The molecular weight excluding hydrogens is 508 g/mol. The molecule has 4 aromatic rings. The average Bonchev–Trinajstić information content (AvgIpc) is 3.58. The van der Waals surface area contributed by atoms with Crippen molar-refractivity contribution in [1.82, 2.24) is 14.3 Å². The number of anilines is 1.